The fourth-order valence-corrected chi connectivity index (χ4v) is 3.55. The van der Waals surface area contributed by atoms with E-state index in [0.717, 1.165) is 37.1 Å². The van der Waals surface area contributed by atoms with Crippen molar-refractivity contribution in [1.82, 2.24) is 15.1 Å². The van der Waals surface area contributed by atoms with Gasteiger partial charge in [0.1, 0.15) is 5.60 Å². The standard InChI is InChI=1S/C18H25N3O/c1-13-16(14(2)21(3)20-13)11-19-12-18(22)10-6-8-15-7-4-5-9-17(15)18/h4-5,7,9,19,22H,6,8,10-12H2,1-3H3. The van der Waals surface area contributed by atoms with Gasteiger partial charge in [-0.25, -0.2) is 0 Å². The summed E-state index contributed by atoms with van der Waals surface area (Å²) < 4.78 is 1.91. The maximum Gasteiger partial charge on any atom is 0.102 e. The highest BCUT2D eigenvalue weighted by Gasteiger charge is 2.33. The molecular weight excluding hydrogens is 274 g/mol. The van der Waals surface area contributed by atoms with Gasteiger partial charge in [0.05, 0.1) is 5.69 Å². The molecule has 22 heavy (non-hydrogen) atoms. The van der Waals surface area contributed by atoms with Crippen molar-refractivity contribution in [2.75, 3.05) is 6.54 Å². The van der Waals surface area contributed by atoms with Gasteiger partial charge in [0.25, 0.3) is 0 Å². The SMILES string of the molecule is Cc1nn(C)c(C)c1CNCC1(O)CCCc2ccccc21. The molecule has 2 aromatic rings. The summed E-state index contributed by atoms with van der Waals surface area (Å²) in [6, 6.07) is 8.27. The van der Waals surface area contributed by atoms with Gasteiger partial charge in [0, 0.05) is 31.4 Å². The quantitative estimate of drug-likeness (QED) is 0.911. The third kappa shape index (κ3) is 2.69. The van der Waals surface area contributed by atoms with Crippen LogP contribution < -0.4 is 5.32 Å². The molecule has 118 valence electrons. The molecule has 0 aliphatic heterocycles. The van der Waals surface area contributed by atoms with Crippen LogP contribution in [-0.2, 0) is 25.6 Å². The van der Waals surface area contributed by atoms with Crippen molar-refractivity contribution in [3.8, 4) is 0 Å². The lowest BCUT2D eigenvalue weighted by molar-refractivity contribution is 0.0189. The second kappa shape index (κ2) is 5.86. The van der Waals surface area contributed by atoms with E-state index in [0.29, 0.717) is 6.54 Å². The molecule has 2 N–H and O–H groups in total. The number of hydrogen-bond acceptors (Lipinski definition) is 3. The first-order chi connectivity index (χ1) is 10.5. The maximum atomic E-state index is 11.1. The van der Waals surface area contributed by atoms with Gasteiger partial charge in [-0.2, -0.15) is 5.10 Å². The third-order valence-electron chi connectivity index (χ3n) is 4.93. The number of aryl methyl sites for hydroxylation is 3. The topological polar surface area (TPSA) is 50.1 Å². The van der Waals surface area contributed by atoms with Gasteiger partial charge in [-0.05, 0) is 44.2 Å². The van der Waals surface area contributed by atoms with Crippen molar-refractivity contribution >= 4 is 0 Å². The molecule has 1 aliphatic carbocycles. The number of rotatable bonds is 4. The number of nitrogens with one attached hydrogen (secondary N) is 1. The van der Waals surface area contributed by atoms with Crippen LogP contribution in [0.25, 0.3) is 0 Å². The van der Waals surface area contributed by atoms with Crippen molar-refractivity contribution in [2.45, 2.75) is 45.3 Å². The predicted molar refractivity (Wildman–Crippen MR) is 87.7 cm³/mol. The fourth-order valence-electron chi connectivity index (χ4n) is 3.55. The molecule has 0 radical (unpaired) electrons. The molecule has 4 heteroatoms. The molecule has 0 saturated carbocycles. The highest BCUT2D eigenvalue weighted by molar-refractivity contribution is 5.35. The third-order valence-corrected chi connectivity index (χ3v) is 4.93. The molecule has 1 aromatic heterocycles. The number of hydrogen-bond donors (Lipinski definition) is 2. The molecule has 3 rings (SSSR count). The Kier molecular flexibility index (Phi) is 4.06. The Labute approximate surface area is 132 Å². The second-order valence-electron chi connectivity index (χ2n) is 6.42. The van der Waals surface area contributed by atoms with E-state index in [1.807, 2.05) is 24.7 Å². The predicted octanol–water partition coefficient (Wildman–Crippen LogP) is 2.35. The molecular formula is C18H25N3O. The molecule has 0 spiro atoms. The molecule has 1 unspecified atom stereocenters. The largest absolute Gasteiger partial charge is 0.384 e. The van der Waals surface area contributed by atoms with Crippen molar-refractivity contribution in [3.05, 3.63) is 52.3 Å². The van der Waals surface area contributed by atoms with Crippen LogP contribution in [0.5, 0.6) is 0 Å². The minimum atomic E-state index is -0.751. The average molecular weight is 299 g/mol. The first-order valence-electron chi connectivity index (χ1n) is 8.02. The summed E-state index contributed by atoms with van der Waals surface area (Å²) in [4.78, 5) is 0. The summed E-state index contributed by atoms with van der Waals surface area (Å²) in [5.41, 5.74) is 5.10. The molecule has 4 nitrogen and oxygen atoms in total. The van der Waals surface area contributed by atoms with Gasteiger partial charge in [-0.1, -0.05) is 24.3 Å². The lowest BCUT2D eigenvalue weighted by Gasteiger charge is -2.34. The van der Waals surface area contributed by atoms with E-state index in [1.54, 1.807) is 0 Å². The maximum absolute atomic E-state index is 11.1. The van der Waals surface area contributed by atoms with E-state index in [2.05, 4.69) is 35.5 Å². The highest BCUT2D eigenvalue weighted by Crippen LogP contribution is 2.34. The van der Waals surface area contributed by atoms with Crippen LogP contribution in [0.1, 0.15) is 40.9 Å². The van der Waals surface area contributed by atoms with Crippen LogP contribution in [-0.4, -0.2) is 21.4 Å². The number of aliphatic hydroxyl groups is 1. The van der Waals surface area contributed by atoms with E-state index in [9.17, 15) is 5.11 Å². The molecule has 1 heterocycles. The molecule has 1 aliphatic rings. The van der Waals surface area contributed by atoms with Crippen molar-refractivity contribution in [1.29, 1.82) is 0 Å². The molecule has 1 aromatic carbocycles. The highest BCUT2D eigenvalue weighted by atomic mass is 16.3. The van der Waals surface area contributed by atoms with E-state index >= 15 is 0 Å². The Morgan fingerprint density at radius 1 is 1.32 bits per heavy atom. The smallest absolute Gasteiger partial charge is 0.102 e. The van der Waals surface area contributed by atoms with E-state index in [4.69, 9.17) is 0 Å². The number of benzene rings is 1. The Morgan fingerprint density at radius 2 is 2.09 bits per heavy atom. The van der Waals surface area contributed by atoms with Gasteiger partial charge < -0.3 is 10.4 Å². The normalized spacial score (nSPS) is 20.9. The summed E-state index contributed by atoms with van der Waals surface area (Å²) in [6.07, 6.45) is 2.93. The van der Waals surface area contributed by atoms with Gasteiger partial charge >= 0.3 is 0 Å². The van der Waals surface area contributed by atoms with Crippen LogP contribution in [0.4, 0.5) is 0 Å². The number of fused-ring (bicyclic) bond motifs is 1. The summed E-state index contributed by atoms with van der Waals surface area (Å²) in [7, 11) is 1.97. The Balaban J connectivity index is 1.72. The van der Waals surface area contributed by atoms with Crippen LogP contribution in [0.3, 0.4) is 0 Å². The number of nitrogens with zero attached hydrogens (tertiary/aromatic N) is 2. The lowest BCUT2D eigenvalue weighted by Crippen LogP contribution is -2.40. The van der Waals surface area contributed by atoms with Gasteiger partial charge in [0.15, 0.2) is 0 Å². The second-order valence-corrected chi connectivity index (χ2v) is 6.42. The van der Waals surface area contributed by atoms with Crippen molar-refractivity contribution in [3.63, 3.8) is 0 Å². The average Bonchev–Trinajstić information content (AvgIpc) is 2.74. The number of aromatic nitrogens is 2. The summed E-state index contributed by atoms with van der Waals surface area (Å²) in [6.45, 7) is 5.45. The minimum absolute atomic E-state index is 0.581. The molecule has 0 saturated heterocycles. The first kappa shape index (κ1) is 15.3. The Bertz CT molecular complexity index is 677. The zero-order valence-corrected chi connectivity index (χ0v) is 13.7. The van der Waals surface area contributed by atoms with Crippen molar-refractivity contribution < 1.29 is 5.11 Å². The van der Waals surface area contributed by atoms with Gasteiger partial charge in [-0.15, -0.1) is 0 Å². The summed E-state index contributed by atoms with van der Waals surface area (Å²) in [5.74, 6) is 0. The summed E-state index contributed by atoms with van der Waals surface area (Å²) >= 11 is 0. The minimum Gasteiger partial charge on any atom is -0.384 e. The molecule has 0 fully saturated rings. The summed E-state index contributed by atoms with van der Waals surface area (Å²) in [5, 5.41) is 18.9. The molecule has 0 bridgehead atoms. The van der Waals surface area contributed by atoms with Crippen LogP contribution in [0.2, 0.25) is 0 Å². The Morgan fingerprint density at radius 3 is 2.82 bits per heavy atom. The van der Waals surface area contributed by atoms with Gasteiger partial charge in [0.2, 0.25) is 0 Å². The monoisotopic (exact) mass is 299 g/mol. The van der Waals surface area contributed by atoms with E-state index in [-0.39, 0.29) is 0 Å². The lowest BCUT2D eigenvalue weighted by atomic mass is 9.79. The molecule has 0 amide bonds. The van der Waals surface area contributed by atoms with Crippen LogP contribution in [0, 0.1) is 13.8 Å². The fraction of sp³-hybridized carbons (Fsp3) is 0.500. The van der Waals surface area contributed by atoms with Crippen LogP contribution >= 0.6 is 0 Å². The first-order valence-corrected chi connectivity index (χ1v) is 8.02. The zero-order chi connectivity index (χ0) is 15.7. The Hall–Kier alpha value is -1.65. The van der Waals surface area contributed by atoms with Gasteiger partial charge in [-0.3, -0.25) is 4.68 Å². The van der Waals surface area contributed by atoms with Crippen molar-refractivity contribution in [2.24, 2.45) is 7.05 Å². The van der Waals surface area contributed by atoms with E-state index in [1.165, 1.54) is 16.8 Å². The zero-order valence-electron chi connectivity index (χ0n) is 13.7. The van der Waals surface area contributed by atoms with Crippen LogP contribution in [0.15, 0.2) is 24.3 Å². The van der Waals surface area contributed by atoms with E-state index < -0.39 is 5.60 Å². The molecule has 1 atom stereocenters.